The monoisotopic (exact) mass is 237 g/mol. The van der Waals surface area contributed by atoms with Crippen LogP contribution in [0.15, 0.2) is 36.5 Å². The van der Waals surface area contributed by atoms with Gasteiger partial charge in [-0.1, -0.05) is 30.3 Å². The quantitative estimate of drug-likeness (QED) is 0.886. The Bertz CT molecular complexity index is 480. The van der Waals surface area contributed by atoms with E-state index in [-0.39, 0.29) is 12.2 Å². The van der Waals surface area contributed by atoms with Gasteiger partial charge in [0.05, 0.1) is 6.54 Å². The van der Waals surface area contributed by atoms with E-state index in [0.29, 0.717) is 12.1 Å². The van der Waals surface area contributed by atoms with Crippen LogP contribution in [-0.4, -0.2) is 9.78 Å². The Morgan fingerprint density at radius 1 is 1.24 bits per heavy atom. The molecule has 0 fully saturated rings. The minimum Gasteiger partial charge on any atom is -0.326 e. The molecule has 5 heteroatoms. The highest BCUT2D eigenvalue weighted by molar-refractivity contribution is 5.20. The van der Waals surface area contributed by atoms with E-state index in [0.717, 1.165) is 5.56 Å². The molecule has 2 rings (SSSR count). The number of aromatic nitrogens is 2. The molecule has 0 unspecified atom stereocenters. The van der Waals surface area contributed by atoms with Crippen LogP contribution in [0, 0.1) is 0 Å². The molecule has 1 heterocycles. The molecule has 0 radical (unpaired) electrons. The maximum Gasteiger partial charge on any atom is 0.282 e. The summed E-state index contributed by atoms with van der Waals surface area (Å²) < 4.78 is 26.8. The van der Waals surface area contributed by atoms with Gasteiger partial charge in [-0.05, 0) is 5.56 Å². The van der Waals surface area contributed by atoms with Crippen molar-refractivity contribution in [2.45, 2.75) is 19.5 Å². The van der Waals surface area contributed by atoms with Gasteiger partial charge in [0, 0.05) is 18.3 Å². The number of hydrogen-bond donors (Lipinski definition) is 1. The summed E-state index contributed by atoms with van der Waals surface area (Å²) in [7, 11) is 0. The molecule has 0 aliphatic heterocycles. The second kappa shape index (κ2) is 5.05. The van der Waals surface area contributed by atoms with Crippen LogP contribution < -0.4 is 5.73 Å². The summed E-state index contributed by atoms with van der Waals surface area (Å²) in [5.74, 6) is 0. The molecule has 0 saturated heterocycles. The predicted molar refractivity (Wildman–Crippen MR) is 60.6 cm³/mol. The first kappa shape index (κ1) is 11.7. The predicted octanol–water partition coefficient (Wildman–Crippen LogP) is 2.33. The Balaban J connectivity index is 2.23. The second-order valence-electron chi connectivity index (χ2n) is 3.73. The zero-order chi connectivity index (χ0) is 12.3. The minimum atomic E-state index is -2.58. The van der Waals surface area contributed by atoms with Gasteiger partial charge in [-0.2, -0.15) is 5.10 Å². The Morgan fingerprint density at radius 2 is 1.94 bits per heavy atom. The van der Waals surface area contributed by atoms with Crippen LogP contribution in [0.2, 0.25) is 0 Å². The summed E-state index contributed by atoms with van der Waals surface area (Å²) in [6.45, 7) is 0.551. The summed E-state index contributed by atoms with van der Waals surface area (Å²) in [6, 6.07) is 9.55. The Labute approximate surface area is 97.9 Å². The summed E-state index contributed by atoms with van der Waals surface area (Å²) in [5, 5.41) is 3.86. The molecule has 17 heavy (non-hydrogen) atoms. The van der Waals surface area contributed by atoms with E-state index < -0.39 is 6.43 Å². The zero-order valence-electron chi connectivity index (χ0n) is 9.18. The molecule has 3 nitrogen and oxygen atoms in total. The van der Waals surface area contributed by atoms with Gasteiger partial charge in [0.1, 0.15) is 5.69 Å². The first-order chi connectivity index (χ1) is 8.20. The highest BCUT2D eigenvalue weighted by Crippen LogP contribution is 2.21. The topological polar surface area (TPSA) is 43.8 Å². The summed E-state index contributed by atoms with van der Waals surface area (Å²) in [4.78, 5) is 0. The van der Waals surface area contributed by atoms with Crippen molar-refractivity contribution in [2.24, 2.45) is 5.73 Å². The van der Waals surface area contributed by atoms with Crippen molar-refractivity contribution in [3.63, 3.8) is 0 Å². The number of benzene rings is 1. The Morgan fingerprint density at radius 3 is 2.47 bits per heavy atom. The maximum absolute atomic E-state index is 12.6. The van der Waals surface area contributed by atoms with Crippen LogP contribution in [-0.2, 0) is 13.1 Å². The highest BCUT2D eigenvalue weighted by atomic mass is 19.3. The van der Waals surface area contributed by atoms with E-state index in [9.17, 15) is 8.78 Å². The van der Waals surface area contributed by atoms with Gasteiger partial charge in [-0.3, -0.25) is 4.68 Å². The molecule has 90 valence electrons. The Kier molecular flexibility index (Phi) is 3.49. The van der Waals surface area contributed by atoms with Gasteiger partial charge in [0.2, 0.25) is 0 Å². The number of alkyl halides is 2. The molecule has 1 aromatic carbocycles. The van der Waals surface area contributed by atoms with Crippen molar-refractivity contribution in [1.29, 1.82) is 0 Å². The number of hydrogen-bond acceptors (Lipinski definition) is 2. The van der Waals surface area contributed by atoms with Crippen molar-refractivity contribution < 1.29 is 8.78 Å². The van der Waals surface area contributed by atoms with Crippen LogP contribution in [0.3, 0.4) is 0 Å². The van der Waals surface area contributed by atoms with E-state index in [1.54, 1.807) is 6.20 Å². The Hall–Kier alpha value is -1.75. The van der Waals surface area contributed by atoms with Crippen molar-refractivity contribution >= 4 is 0 Å². The van der Waals surface area contributed by atoms with Crippen molar-refractivity contribution in [3.05, 3.63) is 53.3 Å². The number of nitrogens with two attached hydrogens (primary N) is 1. The van der Waals surface area contributed by atoms with Crippen LogP contribution in [0.25, 0.3) is 0 Å². The third kappa shape index (κ3) is 2.68. The molecule has 2 aromatic rings. The van der Waals surface area contributed by atoms with Crippen molar-refractivity contribution in [3.8, 4) is 0 Å². The molecule has 0 atom stereocenters. The molecule has 0 saturated carbocycles. The number of rotatable bonds is 4. The lowest BCUT2D eigenvalue weighted by atomic mass is 10.2. The van der Waals surface area contributed by atoms with Gasteiger partial charge < -0.3 is 5.73 Å². The van der Waals surface area contributed by atoms with Crippen molar-refractivity contribution in [1.82, 2.24) is 9.78 Å². The third-order valence-corrected chi connectivity index (χ3v) is 2.48. The lowest BCUT2D eigenvalue weighted by molar-refractivity contribution is 0.144. The fourth-order valence-corrected chi connectivity index (χ4v) is 1.67. The first-order valence-corrected chi connectivity index (χ1v) is 5.29. The first-order valence-electron chi connectivity index (χ1n) is 5.29. The van der Waals surface area contributed by atoms with Crippen molar-refractivity contribution in [2.75, 3.05) is 0 Å². The number of nitrogens with zero attached hydrogens (tertiary/aromatic N) is 2. The molecule has 2 N–H and O–H groups in total. The molecule has 0 amide bonds. The fourth-order valence-electron chi connectivity index (χ4n) is 1.67. The van der Waals surface area contributed by atoms with Gasteiger partial charge in [0.25, 0.3) is 6.43 Å². The molecular formula is C12H13F2N3. The highest BCUT2D eigenvalue weighted by Gasteiger charge is 2.16. The lowest BCUT2D eigenvalue weighted by Crippen LogP contribution is -2.01. The number of halogens is 2. The standard InChI is InChI=1S/C12H13F2N3/c13-12(14)11-10(6-15)8-17(16-11)7-9-4-2-1-3-5-9/h1-5,8,12H,6-7,15H2. The largest absolute Gasteiger partial charge is 0.326 e. The van der Waals surface area contributed by atoms with E-state index in [1.807, 2.05) is 30.3 Å². The van der Waals surface area contributed by atoms with Crippen LogP contribution >= 0.6 is 0 Å². The van der Waals surface area contributed by atoms with E-state index >= 15 is 0 Å². The average Bonchev–Trinajstić information content (AvgIpc) is 2.73. The molecular weight excluding hydrogens is 224 g/mol. The maximum atomic E-state index is 12.6. The van der Waals surface area contributed by atoms with Gasteiger partial charge >= 0.3 is 0 Å². The van der Waals surface area contributed by atoms with Gasteiger partial charge in [0.15, 0.2) is 0 Å². The fraction of sp³-hybridized carbons (Fsp3) is 0.250. The lowest BCUT2D eigenvalue weighted by Gasteiger charge is -2.00. The molecule has 0 aliphatic rings. The normalized spacial score (nSPS) is 11.1. The summed E-state index contributed by atoms with van der Waals surface area (Å²) >= 11 is 0. The molecule has 0 bridgehead atoms. The van der Waals surface area contributed by atoms with Gasteiger partial charge in [-0.25, -0.2) is 8.78 Å². The molecule has 0 spiro atoms. The van der Waals surface area contributed by atoms with Crippen LogP contribution in [0.5, 0.6) is 0 Å². The summed E-state index contributed by atoms with van der Waals surface area (Å²) in [5.41, 5.74) is 6.60. The average molecular weight is 237 g/mol. The third-order valence-electron chi connectivity index (χ3n) is 2.48. The minimum absolute atomic E-state index is 0.0778. The molecule has 1 aromatic heterocycles. The van der Waals surface area contributed by atoms with E-state index in [4.69, 9.17) is 5.73 Å². The smallest absolute Gasteiger partial charge is 0.282 e. The van der Waals surface area contributed by atoms with Gasteiger partial charge in [-0.15, -0.1) is 0 Å². The van der Waals surface area contributed by atoms with E-state index in [2.05, 4.69) is 5.10 Å². The van der Waals surface area contributed by atoms with Crippen LogP contribution in [0.1, 0.15) is 23.2 Å². The summed E-state index contributed by atoms with van der Waals surface area (Å²) in [6.07, 6.45) is -1.00. The SMILES string of the molecule is NCc1cn(Cc2ccccc2)nc1C(F)F. The molecule has 0 aliphatic carbocycles. The van der Waals surface area contributed by atoms with E-state index in [1.165, 1.54) is 4.68 Å². The zero-order valence-corrected chi connectivity index (χ0v) is 9.18. The second-order valence-corrected chi connectivity index (χ2v) is 3.73. The van der Waals surface area contributed by atoms with Crippen LogP contribution in [0.4, 0.5) is 8.78 Å².